The number of hydrogen-bond acceptors (Lipinski definition) is 4. The van der Waals surface area contributed by atoms with Crippen LogP contribution in [0.1, 0.15) is 29.2 Å². The minimum atomic E-state index is -4.18. The molecule has 1 N–H and O–H groups in total. The Morgan fingerprint density at radius 1 is 0.841 bits per heavy atom. The van der Waals surface area contributed by atoms with Gasteiger partial charge in [0.15, 0.2) is 0 Å². The van der Waals surface area contributed by atoms with Crippen LogP contribution in [-0.4, -0.2) is 44.3 Å². The Labute approximate surface area is 269 Å². The third-order valence-electron chi connectivity index (χ3n) is 7.16. The highest BCUT2D eigenvalue weighted by molar-refractivity contribution is 7.92. The number of likely N-dealkylation sites (N-methyl/N-ethyl adjacent to an activating group) is 1. The van der Waals surface area contributed by atoms with E-state index in [0.29, 0.717) is 27.8 Å². The van der Waals surface area contributed by atoms with Crippen molar-refractivity contribution < 1.29 is 18.0 Å². The second-order valence-electron chi connectivity index (χ2n) is 10.5. The van der Waals surface area contributed by atoms with Gasteiger partial charge in [0.05, 0.1) is 10.6 Å². The van der Waals surface area contributed by atoms with E-state index in [9.17, 15) is 18.0 Å². The maximum atomic E-state index is 14.4. The van der Waals surface area contributed by atoms with Crippen LogP contribution in [0.3, 0.4) is 0 Å². The van der Waals surface area contributed by atoms with Crippen molar-refractivity contribution >= 4 is 50.7 Å². The molecule has 0 aromatic heterocycles. The molecule has 44 heavy (non-hydrogen) atoms. The predicted molar refractivity (Wildman–Crippen MR) is 177 cm³/mol. The first-order valence-corrected chi connectivity index (χ1v) is 16.4. The Bertz CT molecular complexity index is 1710. The normalized spacial score (nSPS) is 11.9. The number of carbonyl (C=O) groups is 2. The summed E-state index contributed by atoms with van der Waals surface area (Å²) in [6.45, 7) is 5.28. The minimum absolute atomic E-state index is 0.0459. The van der Waals surface area contributed by atoms with Crippen molar-refractivity contribution in [3.63, 3.8) is 0 Å². The van der Waals surface area contributed by atoms with Crippen LogP contribution in [0, 0.1) is 13.8 Å². The van der Waals surface area contributed by atoms with E-state index in [-0.39, 0.29) is 23.8 Å². The van der Waals surface area contributed by atoms with Crippen molar-refractivity contribution in [3.05, 3.63) is 129 Å². The van der Waals surface area contributed by atoms with Gasteiger partial charge in [0.25, 0.3) is 10.0 Å². The number of amides is 2. The number of carbonyl (C=O) groups excluding carboxylic acids is 2. The molecular weight excluding hydrogens is 617 g/mol. The Morgan fingerprint density at radius 3 is 2.18 bits per heavy atom. The SMILES string of the molecule is CCNC(=O)[C@H](Cc1ccccc1)N(Cc1ccc(Cl)cc1Cl)C(=O)CN(c1cccc(C)c1)S(=O)(=O)c1ccc(C)cc1. The lowest BCUT2D eigenvalue weighted by Gasteiger charge is -2.34. The molecule has 0 unspecified atom stereocenters. The maximum absolute atomic E-state index is 14.4. The van der Waals surface area contributed by atoms with Crippen LogP contribution in [0.5, 0.6) is 0 Å². The summed E-state index contributed by atoms with van der Waals surface area (Å²) in [6.07, 6.45) is 0.207. The van der Waals surface area contributed by atoms with Crippen molar-refractivity contribution in [2.75, 3.05) is 17.4 Å². The summed E-state index contributed by atoms with van der Waals surface area (Å²) < 4.78 is 29.3. The van der Waals surface area contributed by atoms with E-state index in [1.54, 1.807) is 55.5 Å². The first-order valence-electron chi connectivity index (χ1n) is 14.2. The second kappa shape index (κ2) is 14.8. The lowest BCUT2D eigenvalue weighted by Crippen LogP contribution is -2.53. The minimum Gasteiger partial charge on any atom is -0.355 e. The van der Waals surface area contributed by atoms with E-state index >= 15 is 0 Å². The van der Waals surface area contributed by atoms with Gasteiger partial charge in [-0.15, -0.1) is 0 Å². The zero-order valence-corrected chi connectivity index (χ0v) is 27.2. The molecule has 0 heterocycles. The van der Waals surface area contributed by atoms with Crippen LogP contribution < -0.4 is 9.62 Å². The standard InChI is InChI=1S/C34H35Cl2N3O4S/c1-4-37-34(41)32(20-26-10-6-5-7-11-26)38(22-27-15-16-28(35)21-31(27)36)33(40)23-39(29-12-8-9-25(3)19-29)44(42,43)30-17-13-24(2)14-18-30/h5-19,21,32H,4,20,22-23H2,1-3H3,(H,37,41)/t32-/m0/s1. The van der Waals surface area contributed by atoms with E-state index in [0.717, 1.165) is 21.0 Å². The van der Waals surface area contributed by atoms with Gasteiger partial charge in [0, 0.05) is 29.6 Å². The van der Waals surface area contributed by atoms with Crippen LogP contribution in [0.4, 0.5) is 5.69 Å². The van der Waals surface area contributed by atoms with Gasteiger partial charge in [0.1, 0.15) is 12.6 Å². The lowest BCUT2D eigenvalue weighted by atomic mass is 10.0. The number of halogens is 2. The van der Waals surface area contributed by atoms with E-state index in [4.69, 9.17) is 23.2 Å². The number of anilines is 1. The fourth-order valence-corrected chi connectivity index (χ4v) is 6.70. The third-order valence-corrected chi connectivity index (χ3v) is 9.53. The average molecular weight is 653 g/mol. The van der Waals surface area contributed by atoms with Crippen LogP contribution >= 0.6 is 23.2 Å². The number of rotatable bonds is 12. The molecule has 0 saturated carbocycles. The smallest absolute Gasteiger partial charge is 0.264 e. The molecule has 4 aromatic carbocycles. The van der Waals surface area contributed by atoms with Crippen LogP contribution in [0.15, 0.2) is 102 Å². The van der Waals surface area contributed by atoms with Gasteiger partial charge in [-0.1, -0.05) is 89.4 Å². The van der Waals surface area contributed by atoms with Crippen molar-refractivity contribution in [2.45, 2.75) is 44.7 Å². The highest BCUT2D eigenvalue weighted by Crippen LogP contribution is 2.28. The zero-order chi connectivity index (χ0) is 31.9. The van der Waals surface area contributed by atoms with Crippen LogP contribution in [0.2, 0.25) is 10.0 Å². The zero-order valence-electron chi connectivity index (χ0n) is 24.8. The van der Waals surface area contributed by atoms with Crippen molar-refractivity contribution in [2.24, 2.45) is 0 Å². The first kappa shape index (κ1) is 33.1. The molecule has 230 valence electrons. The van der Waals surface area contributed by atoms with Gasteiger partial charge in [-0.05, 0) is 73.9 Å². The molecule has 1 atom stereocenters. The Hall–Kier alpha value is -3.85. The molecule has 0 saturated heterocycles. The second-order valence-corrected chi connectivity index (χ2v) is 13.2. The number of aryl methyl sites for hydroxylation is 2. The fraction of sp³-hybridized carbons (Fsp3) is 0.235. The fourth-order valence-electron chi connectivity index (χ4n) is 4.83. The molecule has 0 aliphatic carbocycles. The molecule has 2 amide bonds. The van der Waals surface area contributed by atoms with Gasteiger partial charge in [0.2, 0.25) is 11.8 Å². The quantitative estimate of drug-likeness (QED) is 0.187. The topological polar surface area (TPSA) is 86.8 Å². The van der Waals surface area contributed by atoms with E-state index in [1.165, 1.54) is 17.0 Å². The highest BCUT2D eigenvalue weighted by atomic mass is 35.5. The predicted octanol–water partition coefficient (Wildman–Crippen LogP) is 6.58. The maximum Gasteiger partial charge on any atom is 0.264 e. The summed E-state index contributed by atoms with van der Waals surface area (Å²) >= 11 is 12.7. The summed E-state index contributed by atoms with van der Waals surface area (Å²) in [4.78, 5) is 29.5. The van der Waals surface area contributed by atoms with Gasteiger partial charge in [-0.2, -0.15) is 0 Å². The van der Waals surface area contributed by atoms with E-state index in [1.807, 2.05) is 50.2 Å². The van der Waals surface area contributed by atoms with E-state index < -0.39 is 28.5 Å². The van der Waals surface area contributed by atoms with Gasteiger partial charge in [-0.3, -0.25) is 13.9 Å². The number of sulfonamides is 1. The summed E-state index contributed by atoms with van der Waals surface area (Å²) in [7, 11) is -4.18. The third kappa shape index (κ3) is 8.20. The highest BCUT2D eigenvalue weighted by Gasteiger charge is 2.34. The number of nitrogens with zero attached hydrogens (tertiary/aromatic N) is 2. The van der Waals surface area contributed by atoms with Crippen LogP contribution in [-0.2, 0) is 32.6 Å². The van der Waals surface area contributed by atoms with Crippen molar-refractivity contribution in [1.29, 1.82) is 0 Å². The molecule has 4 rings (SSSR count). The monoisotopic (exact) mass is 651 g/mol. The number of benzene rings is 4. The van der Waals surface area contributed by atoms with Gasteiger partial charge < -0.3 is 10.2 Å². The molecule has 7 nitrogen and oxygen atoms in total. The first-order chi connectivity index (χ1) is 21.0. The van der Waals surface area contributed by atoms with E-state index in [2.05, 4.69) is 5.32 Å². The molecule has 0 aliphatic heterocycles. The molecule has 0 spiro atoms. The van der Waals surface area contributed by atoms with Gasteiger partial charge >= 0.3 is 0 Å². The van der Waals surface area contributed by atoms with Crippen molar-refractivity contribution in [1.82, 2.24) is 10.2 Å². The Balaban J connectivity index is 1.82. The molecule has 0 radical (unpaired) electrons. The van der Waals surface area contributed by atoms with Gasteiger partial charge in [-0.25, -0.2) is 8.42 Å². The Kier molecular flexibility index (Phi) is 11.1. The summed E-state index contributed by atoms with van der Waals surface area (Å²) in [5.74, 6) is -0.932. The van der Waals surface area contributed by atoms with Crippen molar-refractivity contribution in [3.8, 4) is 0 Å². The molecule has 4 aromatic rings. The molecule has 0 fully saturated rings. The molecular formula is C34H35Cl2N3O4S. The largest absolute Gasteiger partial charge is 0.355 e. The van der Waals surface area contributed by atoms with Crippen LogP contribution in [0.25, 0.3) is 0 Å². The number of hydrogen-bond donors (Lipinski definition) is 1. The Morgan fingerprint density at radius 2 is 1.55 bits per heavy atom. The average Bonchev–Trinajstić information content (AvgIpc) is 2.99. The summed E-state index contributed by atoms with van der Waals surface area (Å²) in [6, 6.07) is 26.7. The lowest BCUT2D eigenvalue weighted by molar-refractivity contribution is -0.140. The summed E-state index contributed by atoms with van der Waals surface area (Å²) in [5, 5.41) is 3.60. The molecule has 10 heteroatoms. The summed E-state index contributed by atoms with van der Waals surface area (Å²) in [5.41, 5.74) is 3.47. The number of nitrogens with one attached hydrogen (secondary N) is 1. The molecule has 0 aliphatic rings. The molecule has 0 bridgehead atoms.